The largest absolute Gasteiger partial charge is 0.297 e. The number of aromatic nitrogens is 2. The van der Waals surface area contributed by atoms with Gasteiger partial charge in [-0.15, -0.1) is 21.5 Å². The van der Waals surface area contributed by atoms with Crippen LogP contribution in [0, 0.1) is 5.41 Å². The molecule has 2 aromatic rings. The highest BCUT2D eigenvalue weighted by molar-refractivity contribution is 9.10. The molecule has 0 radical (unpaired) electrons. The minimum atomic E-state index is -0.579. The number of ketones is 1. The molecule has 22 heavy (non-hydrogen) atoms. The van der Waals surface area contributed by atoms with Crippen LogP contribution in [0.2, 0.25) is 0 Å². The van der Waals surface area contributed by atoms with Gasteiger partial charge in [-0.1, -0.05) is 46.7 Å². The summed E-state index contributed by atoms with van der Waals surface area (Å²) in [5.41, 5.74) is 0.944. The number of thioether (sulfide) groups is 1. The van der Waals surface area contributed by atoms with Gasteiger partial charge in [0.25, 0.3) is 0 Å². The second kappa shape index (κ2) is 6.44. The van der Waals surface area contributed by atoms with Crippen molar-refractivity contribution < 1.29 is 4.79 Å². The van der Waals surface area contributed by atoms with Crippen molar-refractivity contribution in [3.63, 3.8) is 0 Å². The molecule has 0 aliphatic carbocycles. The molecule has 2 heterocycles. The Morgan fingerprint density at radius 3 is 2.68 bits per heavy atom. The molecule has 1 saturated heterocycles. The highest BCUT2D eigenvalue weighted by Gasteiger charge is 2.39. The Hall–Kier alpha value is -1.31. The Bertz CT molecular complexity index is 767. The topological polar surface area (TPSA) is 66.7 Å². The second-order valence-electron chi connectivity index (χ2n) is 4.71. The number of benzene rings is 1. The molecule has 0 saturated carbocycles. The molecule has 112 valence electrons. The summed E-state index contributed by atoms with van der Waals surface area (Å²) in [4.78, 5) is 13.2. The van der Waals surface area contributed by atoms with E-state index in [-0.39, 0.29) is 5.78 Å². The minimum Gasteiger partial charge on any atom is -0.297 e. The van der Waals surface area contributed by atoms with Gasteiger partial charge in [-0.05, 0) is 30.2 Å². The van der Waals surface area contributed by atoms with Gasteiger partial charge in [0.1, 0.15) is 15.9 Å². The zero-order chi connectivity index (χ0) is 15.7. The van der Waals surface area contributed by atoms with Gasteiger partial charge in [-0.25, -0.2) is 0 Å². The van der Waals surface area contributed by atoms with Crippen LogP contribution in [0.15, 0.2) is 33.6 Å². The van der Waals surface area contributed by atoms with Gasteiger partial charge in [0, 0.05) is 4.47 Å². The summed E-state index contributed by atoms with van der Waals surface area (Å²) in [6.45, 7) is 2.00. The van der Waals surface area contributed by atoms with Crippen LogP contribution in [-0.2, 0) is 11.2 Å². The lowest BCUT2D eigenvalue weighted by Gasteiger charge is -2.00. The van der Waals surface area contributed by atoms with Gasteiger partial charge in [0.2, 0.25) is 0 Å². The second-order valence-corrected chi connectivity index (χ2v) is 7.80. The molecule has 1 fully saturated rings. The van der Waals surface area contributed by atoms with Crippen molar-refractivity contribution in [2.24, 2.45) is 0 Å². The minimum absolute atomic E-state index is 0.0586. The molecular weight excluding hydrogens is 382 g/mol. The molecule has 1 aromatic heterocycles. The third-order valence-corrected chi connectivity index (χ3v) is 5.84. The smallest absolute Gasteiger partial charge is 0.186 e. The summed E-state index contributed by atoms with van der Waals surface area (Å²) in [7, 11) is 0. The number of aryl methyl sites for hydroxylation is 1. The highest BCUT2D eigenvalue weighted by atomic mass is 79.9. The Morgan fingerprint density at radius 2 is 2.05 bits per heavy atom. The molecule has 1 aromatic carbocycles. The average molecular weight is 394 g/mol. The van der Waals surface area contributed by atoms with Crippen LogP contribution in [0.1, 0.15) is 28.4 Å². The Morgan fingerprint density at radius 1 is 1.32 bits per heavy atom. The van der Waals surface area contributed by atoms with E-state index in [1.807, 2.05) is 37.3 Å². The molecule has 4 nitrogen and oxygen atoms in total. The molecule has 1 aliphatic rings. The van der Waals surface area contributed by atoms with Gasteiger partial charge < -0.3 is 0 Å². The number of allylic oxidation sites excluding steroid dienone is 1. The summed E-state index contributed by atoms with van der Waals surface area (Å²) in [6, 6.07) is 7.72. The molecule has 1 aliphatic heterocycles. The van der Waals surface area contributed by atoms with E-state index in [1.165, 1.54) is 23.1 Å². The number of halogens is 1. The molecule has 7 heteroatoms. The lowest BCUT2D eigenvalue weighted by atomic mass is 10.1. The highest BCUT2D eigenvalue weighted by Crippen LogP contribution is 2.41. The number of nitrogens with one attached hydrogen (secondary N) is 1. The van der Waals surface area contributed by atoms with E-state index in [0.717, 1.165) is 21.5 Å². The fourth-order valence-electron chi connectivity index (χ4n) is 2.05. The van der Waals surface area contributed by atoms with Gasteiger partial charge in [-0.2, -0.15) is 0 Å². The summed E-state index contributed by atoms with van der Waals surface area (Å²) < 4.78 is 0.992. The Kier molecular flexibility index (Phi) is 4.56. The molecule has 0 amide bonds. The van der Waals surface area contributed by atoms with E-state index in [1.54, 1.807) is 0 Å². The molecular formula is C15H12BrN3OS2. The maximum absolute atomic E-state index is 12.6. The zero-order valence-electron chi connectivity index (χ0n) is 11.7. The summed E-state index contributed by atoms with van der Waals surface area (Å²) in [5.74, 6) is -0.638. The number of carbonyl (C=O) groups is 1. The molecule has 1 N–H and O–H groups in total. The molecule has 1 unspecified atom stereocenters. The quantitative estimate of drug-likeness (QED) is 0.790. The average Bonchev–Trinajstić information content (AvgIpc) is 3.07. The third kappa shape index (κ3) is 3.06. The van der Waals surface area contributed by atoms with E-state index < -0.39 is 5.92 Å². The lowest BCUT2D eigenvalue weighted by Crippen LogP contribution is -2.11. The van der Waals surface area contributed by atoms with E-state index in [2.05, 4.69) is 26.1 Å². The van der Waals surface area contributed by atoms with Gasteiger partial charge in [0.05, 0.1) is 9.95 Å². The van der Waals surface area contributed by atoms with E-state index >= 15 is 0 Å². The van der Waals surface area contributed by atoms with E-state index in [4.69, 9.17) is 5.41 Å². The molecule has 0 spiro atoms. The normalized spacial score (nSPS) is 20.1. The summed E-state index contributed by atoms with van der Waals surface area (Å²) in [5, 5.41) is 18.1. The van der Waals surface area contributed by atoms with Crippen LogP contribution in [0.4, 0.5) is 0 Å². The predicted molar refractivity (Wildman–Crippen MR) is 94.5 cm³/mol. The number of carbonyl (C=O) groups excluding carboxylic acids is 1. The maximum atomic E-state index is 12.6. The third-order valence-electron chi connectivity index (χ3n) is 3.19. The van der Waals surface area contributed by atoms with Crippen molar-refractivity contribution in [2.45, 2.75) is 19.3 Å². The van der Waals surface area contributed by atoms with Gasteiger partial charge in [-0.3, -0.25) is 10.2 Å². The fraction of sp³-hybridized carbons (Fsp3) is 0.200. The van der Waals surface area contributed by atoms with Crippen molar-refractivity contribution in [1.29, 1.82) is 5.41 Å². The lowest BCUT2D eigenvalue weighted by molar-refractivity contribution is -0.114. The van der Waals surface area contributed by atoms with Crippen LogP contribution in [0.25, 0.3) is 6.08 Å². The number of hydrogen-bond acceptors (Lipinski definition) is 6. The van der Waals surface area contributed by atoms with Crippen molar-refractivity contribution in [3.05, 3.63) is 49.2 Å². The van der Waals surface area contributed by atoms with Crippen molar-refractivity contribution in [1.82, 2.24) is 10.2 Å². The van der Waals surface area contributed by atoms with Crippen LogP contribution in [0.5, 0.6) is 0 Å². The first kappa shape index (κ1) is 15.6. The Balaban J connectivity index is 1.89. The van der Waals surface area contributed by atoms with Crippen LogP contribution in [0.3, 0.4) is 0 Å². The summed E-state index contributed by atoms with van der Waals surface area (Å²) >= 11 is 6.02. The number of rotatable bonds is 3. The monoisotopic (exact) mass is 393 g/mol. The first-order valence-corrected chi connectivity index (χ1v) is 9.11. The summed E-state index contributed by atoms with van der Waals surface area (Å²) in [6.07, 6.45) is 2.62. The first-order valence-electron chi connectivity index (χ1n) is 6.68. The number of nitrogens with zero attached hydrogens (tertiary/aromatic N) is 2. The van der Waals surface area contributed by atoms with Crippen molar-refractivity contribution in [3.8, 4) is 0 Å². The first-order chi connectivity index (χ1) is 10.6. The van der Waals surface area contributed by atoms with Crippen molar-refractivity contribution >= 4 is 55.9 Å². The zero-order valence-corrected chi connectivity index (χ0v) is 14.9. The molecule has 1 atom stereocenters. The molecule has 3 rings (SSSR count). The van der Waals surface area contributed by atoms with Gasteiger partial charge >= 0.3 is 0 Å². The number of Topliss-reactive ketones (excluding diaryl/α,β-unsaturated/α-hetero) is 1. The SMILES string of the molecule is CCc1nnc(C2C(=N)SC(=Cc3ccc(Br)cc3)C2=O)s1. The van der Waals surface area contributed by atoms with Crippen molar-refractivity contribution in [2.75, 3.05) is 0 Å². The van der Waals surface area contributed by atoms with Gasteiger partial charge in [0.15, 0.2) is 5.78 Å². The van der Waals surface area contributed by atoms with Crippen LogP contribution in [-0.4, -0.2) is 21.0 Å². The Labute approximate surface area is 144 Å². The number of hydrogen-bond donors (Lipinski definition) is 1. The maximum Gasteiger partial charge on any atom is 0.186 e. The van der Waals surface area contributed by atoms with Crippen LogP contribution >= 0.6 is 39.0 Å². The van der Waals surface area contributed by atoms with E-state index in [9.17, 15) is 4.79 Å². The van der Waals surface area contributed by atoms with Crippen LogP contribution < -0.4 is 0 Å². The fourth-order valence-corrected chi connectivity index (χ4v) is 4.27. The van der Waals surface area contributed by atoms with E-state index in [0.29, 0.717) is 15.0 Å². The standard InChI is InChI=1S/C15H12BrN3OS2/c1-2-11-18-19-15(22-11)12-13(20)10(21-14(12)17)7-8-3-5-9(16)6-4-8/h3-7,12,17H,2H2,1H3. The molecule has 0 bridgehead atoms. The predicted octanol–water partition coefficient (Wildman–Crippen LogP) is 4.28.